The van der Waals surface area contributed by atoms with Crippen LogP contribution in [-0.4, -0.2) is 44.7 Å². The zero-order valence-corrected chi connectivity index (χ0v) is 12.7. The lowest BCUT2D eigenvalue weighted by molar-refractivity contribution is 0.233. The molecule has 4 nitrogen and oxygen atoms in total. The van der Waals surface area contributed by atoms with Gasteiger partial charge in [0, 0.05) is 44.8 Å². The molecule has 0 spiro atoms. The van der Waals surface area contributed by atoms with Gasteiger partial charge in [0.05, 0.1) is 7.11 Å². The van der Waals surface area contributed by atoms with Gasteiger partial charge in [0.1, 0.15) is 5.75 Å². The average molecular weight is 277 g/mol. The highest BCUT2D eigenvalue weighted by Gasteiger charge is 2.11. The Labute approximate surface area is 122 Å². The predicted molar refractivity (Wildman–Crippen MR) is 83.1 cm³/mol. The fourth-order valence-corrected chi connectivity index (χ4v) is 2.56. The smallest absolute Gasteiger partial charge is 0.123 e. The fraction of sp³-hybridized carbons (Fsp3) is 0.625. The van der Waals surface area contributed by atoms with Crippen LogP contribution in [0.25, 0.3) is 0 Å². The number of nitrogens with one attached hydrogen (secondary N) is 2. The summed E-state index contributed by atoms with van der Waals surface area (Å²) in [5.74, 6) is 1.00. The van der Waals surface area contributed by atoms with Gasteiger partial charge in [-0.1, -0.05) is 19.1 Å². The van der Waals surface area contributed by atoms with E-state index in [-0.39, 0.29) is 0 Å². The summed E-state index contributed by atoms with van der Waals surface area (Å²) in [5.41, 5.74) is 2.58. The van der Waals surface area contributed by atoms with Crippen LogP contribution in [0, 0.1) is 0 Å². The van der Waals surface area contributed by atoms with Crippen LogP contribution in [0.2, 0.25) is 0 Å². The minimum absolute atomic E-state index is 0.880. The quantitative estimate of drug-likeness (QED) is 0.742. The second kappa shape index (κ2) is 8.25. The molecule has 112 valence electrons. The molecule has 0 aromatic heterocycles. The van der Waals surface area contributed by atoms with Crippen molar-refractivity contribution >= 4 is 0 Å². The Morgan fingerprint density at radius 3 is 2.80 bits per heavy atom. The second-order valence-electron chi connectivity index (χ2n) is 5.35. The Morgan fingerprint density at radius 2 is 2.10 bits per heavy atom. The van der Waals surface area contributed by atoms with Crippen molar-refractivity contribution in [3.8, 4) is 5.75 Å². The molecule has 0 unspecified atom stereocenters. The Kier molecular flexibility index (Phi) is 6.30. The molecule has 1 saturated heterocycles. The van der Waals surface area contributed by atoms with Gasteiger partial charge in [-0.15, -0.1) is 0 Å². The molecule has 0 saturated carbocycles. The molecule has 2 rings (SSSR count). The first kappa shape index (κ1) is 15.3. The van der Waals surface area contributed by atoms with E-state index in [1.807, 2.05) is 0 Å². The topological polar surface area (TPSA) is 36.5 Å². The monoisotopic (exact) mass is 277 g/mol. The third-order valence-electron chi connectivity index (χ3n) is 3.71. The fourth-order valence-electron chi connectivity index (χ4n) is 2.56. The molecule has 0 bridgehead atoms. The molecule has 0 radical (unpaired) electrons. The van der Waals surface area contributed by atoms with Crippen LogP contribution in [0.4, 0.5) is 0 Å². The van der Waals surface area contributed by atoms with Gasteiger partial charge in [-0.25, -0.2) is 0 Å². The van der Waals surface area contributed by atoms with E-state index < -0.39 is 0 Å². The molecule has 1 aromatic carbocycles. The van der Waals surface area contributed by atoms with E-state index in [4.69, 9.17) is 4.74 Å². The normalized spacial score (nSPS) is 16.3. The van der Waals surface area contributed by atoms with Crippen molar-refractivity contribution in [1.29, 1.82) is 0 Å². The third kappa shape index (κ3) is 4.47. The summed E-state index contributed by atoms with van der Waals surface area (Å²) in [5, 5.41) is 6.81. The molecule has 1 aromatic rings. The van der Waals surface area contributed by atoms with Gasteiger partial charge in [0.25, 0.3) is 0 Å². The van der Waals surface area contributed by atoms with E-state index >= 15 is 0 Å². The molecule has 0 amide bonds. The summed E-state index contributed by atoms with van der Waals surface area (Å²) in [4.78, 5) is 2.49. The van der Waals surface area contributed by atoms with E-state index in [2.05, 4.69) is 40.7 Å². The van der Waals surface area contributed by atoms with E-state index in [0.29, 0.717) is 0 Å². The van der Waals surface area contributed by atoms with Crippen LogP contribution >= 0.6 is 0 Å². The first-order valence-corrected chi connectivity index (χ1v) is 7.63. The minimum atomic E-state index is 0.880. The Hall–Kier alpha value is -1.10. The molecule has 1 heterocycles. The number of ether oxygens (including phenoxy) is 1. The number of nitrogens with zero attached hydrogens (tertiary/aromatic N) is 1. The van der Waals surface area contributed by atoms with Gasteiger partial charge in [0.2, 0.25) is 0 Å². The van der Waals surface area contributed by atoms with Crippen molar-refractivity contribution in [1.82, 2.24) is 15.5 Å². The van der Waals surface area contributed by atoms with Crippen molar-refractivity contribution in [3.05, 3.63) is 29.3 Å². The van der Waals surface area contributed by atoms with Crippen molar-refractivity contribution < 1.29 is 4.74 Å². The summed E-state index contributed by atoms with van der Waals surface area (Å²) >= 11 is 0. The summed E-state index contributed by atoms with van der Waals surface area (Å²) in [7, 11) is 1.76. The minimum Gasteiger partial charge on any atom is -0.496 e. The lowest BCUT2D eigenvalue weighted by atomic mass is 10.1. The molecule has 1 aliphatic heterocycles. The molecule has 2 N–H and O–H groups in total. The number of benzene rings is 1. The number of piperazine rings is 1. The summed E-state index contributed by atoms with van der Waals surface area (Å²) in [6.07, 6.45) is 1.16. The predicted octanol–water partition coefficient (Wildman–Crippen LogP) is 1.60. The molecule has 1 aliphatic rings. The van der Waals surface area contributed by atoms with Crippen LogP contribution in [0.3, 0.4) is 0 Å². The summed E-state index contributed by atoms with van der Waals surface area (Å²) in [6, 6.07) is 6.61. The van der Waals surface area contributed by atoms with Crippen molar-refractivity contribution in [2.24, 2.45) is 0 Å². The first-order chi connectivity index (χ1) is 9.83. The maximum Gasteiger partial charge on any atom is 0.123 e. The van der Waals surface area contributed by atoms with E-state index in [1.165, 1.54) is 11.1 Å². The molecule has 1 fully saturated rings. The highest BCUT2D eigenvalue weighted by molar-refractivity contribution is 5.37. The van der Waals surface area contributed by atoms with Gasteiger partial charge in [-0.05, 0) is 24.6 Å². The zero-order valence-electron chi connectivity index (χ0n) is 12.7. The molecular weight excluding hydrogens is 250 g/mol. The first-order valence-electron chi connectivity index (χ1n) is 7.63. The third-order valence-corrected chi connectivity index (χ3v) is 3.71. The summed E-state index contributed by atoms with van der Waals surface area (Å²) in [6.45, 7) is 9.56. The highest BCUT2D eigenvalue weighted by Crippen LogP contribution is 2.21. The van der Waals surface area contributed by atoms with E-state index in [0.717, 1.165) is 58.0 Å². The van der Waals surface area contributed by atoms with Crippen molar-refractivity contribution in [3.63, 3.8) is 0 Å². The standard InChI is InChI=1S/C16H27N3O/c1-3-6-18-12-15-5-4-14(11-16(15)20-2)13-19-9-7-17-8-10-19/h4-5,11,17-18H,3,6-10,12-13H2,1-2H3. The highest BCUT2D eigenvalue weighted by atomic mass is 16.5. The second-order valence-corrected chi connectivity index (χ2v) is 5.35. The van der Waals surface area contributed by atoms with Crippen LogP contribution < -0.4 is 15.4 Å². The SMILES string of the molecule is CCCNCc1ccc(CN2CCNCC2)cc1OC. The van der Waals surface area contributed by atoms with Crippen LogP contribution in [-0.2, 0) is 13.1 Å². The molecule has 0 atom stereocenters. The average Bonchev–Trinajstić information content (AvgIpc) is 2.50. The number of hydrogen-bond donors (Lipinski definition) is 2. The molecule has 4 heteroatoms. The van der Waals surface area contributed by atoms with Gasteiger partial charge in [0.15, 0.2) is 0 Å². The largest absolute Gasteiger partial charge is 0.496 e. The maximum absolute atomic E-state index is 5.53. The van der Waals surface area contributed by atoms with Gasteiger partial charge >= 0.3 is 0 Å². The number of rotatable bonds is 7. The van der Waals surface area contributed by atoms with Crippen molar-refractivity contribution in [2.75, 3.05) is 39.8 Å². The number of hydrogen-bond acceptors (Lipinski definition) is 4. The van der Waals surface area contributed by atoms with Gasteiger partial charge in [-0.2, -0.15) is 0 Å². The zero-order chi connectivity index (χ0) is 14.2. The van der Waals surface area contributed by atoms with Crippen molar-refractivity contribution in [2.45, 2.75) is 26.4 Å². The van der Waals surface area contributed by atoms with Gasteiger partial charge < -0.3 is 15.4 Å². The lowest BCUT2D eigenvalue weighted by Gasteiger charge is -2.27. The van der Waals surface area contributed by atoms with Crippen LogP contribution in [0.1, 0.15) is 24.5 Å². The Bertz CT molecular complexity index is 403. The van der Waals surface area contributed by atoms with Crippen LogP contribution in [0.15, 0.2) is 18.2 Å². The van der Waals surface area contributed by atoms with Crippen LogP contribution in [0.5, 0.6) is 5.75 Å². The molecule has 20 heavy (non-hydrogen) atoms. The van der Waals surface area contributed by atoms with E-state index in [1.54, 1.807) is 7.11 Å². The molecular formula is C16H27N3O. The number of methoxy groups -OCH3 is 1. The molecule has 0 aliphatic carbocycles. The summed E-state index contributed by atoms with van der Waals surface area (Å²) < 4.78 is 5.53. The Balaban J connectivity index is 1.96. The van der Waals surface area contributed by atoms with Gasteiger partial charge in [-0.3, -0.25) is 4.90 Å². The van der Waals surface area contributed by atoms with E-state index in [9.17, 15) is 0 Å². The Morgan fingerprint density at radius 1 is 1.30 bits per heavy atom. The maximum atomic E-state index is 5.53. The lowest BCUT2D eigenvalue weighted by Crippen LogP contribution is -2.42.